The average Bonchev–Trinajstić information content (AvgIpc) is 2.80. The fraction of sp³-hybridized carbons (Fsp3) is 0.435. The number of nitrogens with one attached hydrogen (secondary N) is 1. The Morgan fingerprint density at radius 3 is 2.26 bits per heavy atom. The molecule has 35 heavy (non-hydrogen) atoms. The molecular formula is C23H25F6N3O3. The number of rotatable bonds is 8. The molecule has 12 heteroatoms. The fourth-order valence-electron chi connectivity index (χ4n) is 3.76. The molecule has 3 N–H and O–H groups in total. The van der Waals surface area contributed by atoms with Crippen LogP contribution < -0.4 is 11.1 Å². The van der Waals surface area contributed by atoms with E-state index in [0.717, 1.165) is 0 Å². The number of hydrogen-bond acceptors (Lipinski definition) is 5. The van der Waals surface area contributed by atoms with Crippen molar-refractivity contribution in [3.63, 3.8) is 0 Å². The van der Waals surface area contributed by atoms with Crippen LogP contribution in [-0.2, 0) is 33.2 Å². The van der Waals surface area contributed by atoms with Crippen LogP contribution in [0.1, 0.15) is 28.3 Å². The number of ether oxygens (including phenoxy) is 2. The van der Waals surface area contributed by atoms with Gasteiger partial charge in [0.15, 0.2) is 6.29 Å². The van der Waals surface area contributed by atoms with Crippen LogP contribution in [0.2, 0.25) is 0 Å². The predicted octanol–water partition coefficient (Wildman–Crippen LogP) is 3.72. The van der Waals surface area contributed by atoms with Gasteiger partial charge in [-0.3, -0.25) is 9.69 Å². The van der Waals surface area contributed by atoms with Crippen molar-refractivity contribution < 1.29 is 40.6 Å². The molecule has 2 aromatic rings. The number of carbonyl (C=O) groups is 1. The van der Waals surface area contributed by atoms with Crippen LogP contribution in [0.4, 0.5) is 26.3 Å². The lowest BCUT2D eigenvalue weighted by molar-refractivity contribution is -0.216. The number of amides is 1. The Labute approximate surface area is 198 Å². The van der Waals surface area contributed by atoms with E-state index in [2.05, 4.69) is 5.32 Å². The maximum atomic E-state index is 13.2. The summed E-state index contributed by atoms with van der Waals surface area (Å²) in [6.07, 6.45) is -11.0. The van der Waals surface area contributed by atoms with Gasteiger partial charge < -0.3 is 20.5 Å². The Hall–Kier alpha value is -2.67. The number of carbonyl (C=O) groups excluding carboxylic acids is 1. The summed E-state index contributed by atoms with van der Waals surface area (Å²) in [5.74, 6) is -0.287. The van der Waals surface area contributed by atoms with E-state index in [4.69, 9.17) is 15.2 Å². The highest BCUT2D eigenvalue weighted by Crippen LogP contribution is 2.37. The molecule has 0 radical (unpaired) electrons. The topological polar surface area (TPSA) is 76.8 Å². The first kappa shape index (κ1) is 26.9. The molecule has 6 nitrogen and oxygen atoms in total. The zero-order valence-corrected chi connectivity index (χ0v) is 18.5. The number of morpholine rings is 1. The van der Waals surface area contributed by atoms with Crippen molar-refractivity contribution in [3.8, 4) is 0 Å². The van der Waals surface area contributed by atoms with Gasteiger partial charge in [0, 0.05) is 19.6 Å². The standard InChI is InChI=1S/C23H25F6N3O3/c24-22(25,26)17-10-15(11-18(12-17)23(27,28)29)14-35-21-20(16-4-2-1-3-5-16)32(8-9-34-21)13-19(33)31-7-6-30/h1-5,10-12,20-21H,6-9,13-14,30H2,(H,31,33)/t20-,21+/m0/s1. The number of halogens is 6. The normalized spacial score (nSPS) is 19.5. The lowest BCUT2D eigenvalue weighted by atomic mass is 10.0. The van der Waals surface area contributed by atoms with Crippen LogP contribution in [0, 0.1) is 0 Å². The summed E-state index contributed by atoms with van der Waals surface area (Å²) in [7, 11) is 0. The summed E-state index contributed by atoms with van der Waals surface area (Å²) >= 11 is 0. The maximum Gasteiger partial charge on any atom is 0.416 e. The third-order valence-electron chi connectivity index (χ3n) is 5.33. The Bertz CT molecular complexity index is 952. The lowest BCUT2D eigenvalue weighted by Crippen LogP contribution is -2.50. The van der Waals surface area contributed by atoms with Gasteiger partial charge in [0.25, 0.3) is 0 Å². The summed E-state index contributed by atoms with van der Waals surface area (Å²) in [4.78, 5) is 14.1. The molecule has 0 aromatic heterocycles. The van der Waals surface area contributed by atoms with Gasteiger partial charge in [-0.2, -0.15) is 26.3 Å². The van der Waals surface area contributed by atoms with Crippen molar-refractivity contribution in [2.45, 2.75) is 31.3 Å². The molecule has 1 heterocycles. The van der Waals surface area contributed by atoms with Gasteiger partial charge in [-0.1, -0.05) is 30.3 Å². The minimum absolute atomic E-state index is 0.0233. The average molecular weight is 505 g/mol. The molecule has 0 aliphatic carbocycles. The van der Waals surface area contributed by atoms with Gasteiger partial charge in [0.05, 0.1) is 36.9 Å². The smallest absolute Gasteiger partial charge is 0.354 e. The van der Waals surface area contributed by atoms with E-state index in [1.54, 1.807) is 35.2 Å². The second-order valence-corrected chi connectivity index (χ2v) is 7.93. The molecule has 0 spiro atoms. The summed E-state index contributed by atoms with van der Waals surface area (Å²) in [5, 5.41) is 2.66. The number of nitrogens with zero attached hydrogens (tertiary/aromatic N) is 1. The van der Waals surface area contributed by atoms with Crippen molar-refractivity contribution in [2.24, 2.45) is 5.73 Å². The highest BCUT2D eigenvalue weighted by molar-refractivity contribution is 5.78. The van der Waals surface area contributed by atoms with Crippen molar-refractivity contribution >= 4 is 5.91 Å². The monoisotopic (exact) mass is 505 g/mol. The Morgan fingerprint density at radius 1 is 1.06 bits per heavy atom. The third-order valence-corrected chi connectivity index (χ3v) is 5.33. The van der Waals surface area contributed by atoms with Crippen LogP contribution in [0.3, 0.4) is 0 Å². The predicted molar refractivity (Wildman–Crippen MR) is 114 cm³/mol. The molecule has 1 amide bonds. The Morgan fingerprint density at radius 2 is 1.69 bits per heavy atom. The number of nitrogens with two attached hydrogens (primary N) is 1. The second kappa shape index (κ2) is 11.4. The van der Waals surface area contributed by atoms with Crippen LogP contribution in [0.15, 0.2) is 48.5 Å². The molecule has 1 aliphatic heterocycles. The summed E-state index contributed by atoms with van der Waals surface area (Å²) in [5.41, 5.74) is 2.97. The highest BCUT2D eigenvalue weighted by Gasteiger charge is 2.38. The molecule has 2 atom stereocenters. The number of alkyl halides is 6. The van der Waals surface area contributed by atoms with E-state index >= 15 is 0 Å². The SMILES string of the molecule is NCCNC(=O)CN1CCO[C@H](OCc2cc(C(F)(F)F)cc(C(F)(F)F)c2)[C@@H]1c1ccccc1. The summed E-state index contributed by atoms with van der Waals surface area (Å²) in [6.45, 7) is 0.473. The zero-order valence-electron chi connectivity index (χ0n) is 18.5. The van der Waals surface area contributed by atoms with Crippen molar-refractivity contribution in [1.82, 2.24) is 10.2 Å². The van der Waals surface area contributed by atoms with Gasteiger partial charge in [0.2, 0.25) is 5.91 Å². The Kier molecular flexibility index (Phi) is 8.75. The minimum Gasteiger partial charge on any atom is -0.354 e. The van der Waals surface area contributed by atoms with Crippen LogP contribution in [0.5, 0.6) is 0 Å². The molecule has 2 aromatic carbocycles. The van der Waals surface area contributed by atoms with Crippen LogP contribution in [0.25, 0.3) is 0 Å². The van der Waals surface area contributed by atoms with Gasteiger partial charge in [0.1, 0.15) is 0 Å². The van der Waals surface area contributed by atoms with Gasteiger partial charge in [-0.15, -0.1) is 0 Å². The van der Waals surface area contributed by atoms with Crippen molar-refractivity contribution in [3.05, 3.63) is 70.8 Å². The zero-order chi connectivity index (χ0) is 25.6. The molecule has 1 aliphatic rings. The highest BCUT2D eigenvalue weighted by atomic mass is 19.4. The van der Waals surface area contributed by atoms with Crippen molar-refractivity contribution in [2.75, 3.05) is 32.8 Å². The van der Waals surface area contributed by atoms with Gasteiger partial charge in [-0.25, -0.2) is 0 Å². The van der Waals surface area contributed by atoms with E-state index in [1.165, 1.54) is 0 Å². The fourth-order valence-corrected chi connectivity index (χ4v) is 3.76. The van der Waals surface area contributed by atoms with Crippen LogP contribution >= 0.6 is 0 Å². The molecule has 192 valence electrons. The van der Waals surface area contributed by atoms with Gasteiger partial charge in [-0.05, 0) is 29.3 Å². The van der Waals surface area contributed by atoms with Gasteiger partial charge >= 0.3 is 12.4 Å². The van der Waals surface area contributed by atoms with Crippen LogP contribution in [-0.4, -0.2) is 49.9 Å². The first-order chi connectivity index (χ1) is 16.5. The molecular weight excluding hydrogens is 480 g/mol. The molecule has 3 rings (SSSR count). The van der Waals surface area contributed by atoms with E-state index in [0.29, 0.717) is 24.2 Å². The summed E-state index contributed by atoms with van der Waals surface area (Å²) < 4.78 is 90.6. The number of hydrogen-bond donors (Lipinski definition) is 2. The largest absolute Gasteiger partial charge is 0.416 e. The molecule has 1 saturated heterocycles. The van der Waals surface area contributed by atoms with E-state index in [1.807, 2.05) is 0 Å². The summed E-state index contributed by atoms with van der Waals surface area (Å²) in [6, 6.07) is 9.52. The second-order valence-electron chi connectivity index (χ2n) is 7.93. The van der Waals surface area contributed by atoms with E-state index in [-0.39, 0.29) is 43.8 Å². The first-order valence-electron chi connectivity index (χ1n) is 10.8. The first-order valence-corrected chi connectivity index (χ1v) is 10.8. The Balaban J connectivity index is 1.84. The molecule has 0 bridgehead atoms. The van der Waals surface area contributed by atoms with E-state index < -0.39 is 42.4 Å². The third kappa shape index (κ3) is 7.40. The number of benzene rings is 2. The minimum atomic E-state index is -4.96. The molecule has 0 saturated carbocycles. The molecule has 0 unspecified atom stereocenters. The quantitative estimate of drug-likeness (QED) is 0.535. The maximum absolute atomic E-state index is 13.2. The van der Waals surface area contributed by atoms with E-state index in [9.17, 15) is 31.1 Å². The lowest BCUT2D eigenvalue weighted by Gasteiger charge is -2.40. The molecule has 1 fully saturated rings. The van der Waals surface area contributed by atoms with Crippen molar-refractivity contribution in [1.29, 1.82) is 0 Å².